The zero-order chi connectivity index (χ0) is 19.5. The van der Waals surface area contributed by atoms with Crippen LogP contribution in [-0.2, 0) is 20.8 Å². The molecule has 1 aromatic rings. The Bertz CT molecular complexity index is 592. The van der Waals surface area contributed by atoms with Gasteiger partial charge in [-0.3, -0.25) is 9.59 Å². The lowest BCUT2D eigenvalue weighted by Crippen LogP contribution is -2.54. The number of carboxylic acid groups (broad SMARTS) is 1. The zero-order valence-corrected chi connectivity index (χ0v) is 15.0. The highest BCUT2D eigenvalue weighted by atomic mass is 16.4. The maximum Gasteiger partial charge on any atom is 0.326 e. The van der Waals surface area contributed by atoms with Crippen molar-refractivity contribution in [3.8, 4) is 0 Å². The van der Waals surface area contributed by atoms with E-state index in [2.05, 4.69) is 10.6 Å². The smallest absolute Gasteiger partial charge is 0.326 e. The molecule has 0 aliphatic carbocycles. The molecule has 0 spiro atoms. The molecule has 144 valence electrons. The molecule has 0 bridgehead atoms. The van der Waals surface area contributed by atoms with Crippen LogP contribution in [0, 0.1) is 0 Å². The molecule has 0 saturated carbocycles. The fourth-order valence-corrected chi connectivity index (χ4v) is 2.38. The standard InChI is InChI=1S/C18H28N4O4/c1-12(20)16(23)22-15(11-13-7-3-2-4-8-13)17(24)21-14(18(25)26)9-5-6-10-19/h2-4,7-8,12,14-15H,5-6,9-11,19-20H2,1H3,(H,21,24)(H,22,23)(H,25,26). The fraction of sp³-hybridized carbons (Fsp3) is 0.500. The molecule has 0 aliphatic heterocycles. The van der Waals surface area contributed by atoms with Gasteiger partial charge in [0.25, 0.3) is 0 Å². The lowest BCUT2D eigenvalue weighted by atomic mass is 10.0. The lowest BCUT2D eigenvalue weighted by molar-refractivity contribution is -0.142. The maximum absolute atomic E-state index is 12.6. The van der Waals surface area contributed by atoms with Crippen LogP contribution in [0.4, 0.5) is 0 Å². The number of nitrogens with one attached hydrogen (secondary N) is 2. The third-order valence-corrected chi connectivity index (χ3v) is 3.89. The molecule has 7 N–H and O–H groups in total. The Kier molecular flexibility index (Phi) is 9.32. The summed E-state index contributed by atoms with van der Waals surface area (Å²) in [5.41, 5.74) is 11.8. The second-order valence-electron chi connectivity index (χ2n) is 6.22. The van der Waals surface area contributed by atoms with Gasteiger partial charge in [0.1, 0.15) is 12.1 Å². The van der Waals surface area contributed by atoms with Gasteiger partial charge in [-0.25, -0.2) is 4.79 Å². The van der Waals surface area contributed by atoms with Gasteiger partial charge >= 0.3 is 5.97 Å². The zero-order valence-electron chi connectivity index (χ0n) is 15.0. The number of carboxylic acids is 1. The molecular weight excluding hydrogens is 336 g/mol. The predicted molar refractivity (Wildman–Crippen MR) is 98.2 cm³/mol. The van der Waals surface area contributed by atoms with Crippen molar-refractivity contribution in [1.82, 2.24) is 10.6 Å². The third-order valence-electron chi connectivity index (χ3n) is 3.89. The topological polar surface area (TPSA) is 148 Å². The van der Waals surface area contributed by atoms with Crippen molar-refractivity contribution >= 4 is 17.8 Å². The number of carbonyl (C=O) groups is 3. The van der Waals surface area contributed by atoms with Crippen molar-refractivity contribution < 1.29 is 19.5 Å². The normalized spacial score (nSPS) is 14.1. The summed E-state index contributed by atoms with van der Waals surface area (Å²) in [6.45, 7) is 1.97. The summed E-state index contributed by atoms with van der Waals surface area (Å²) in [6.07, 6.45) is 1.77. The molecular formula is C18H28N4O4. The second-order valence-corrected chi connectivity index (χ2v) is 6.22. The molecule has 3 unspecified atom stereocenters. The molecule has 1 aromatic carbocycles. The number of benzene rings is 1. The van der Waals surface area contributed by atoms with Crippen molar-refractivity contribution in [2.45, 2.75) is 50.7 Å². The van der Waals surface area contributed by atoms with E-state index in [1.807, 2.05) is 30.3 Å². The molecule has 0 radical (unpaired) electrons. The van der Waals surface area contributed by atoms with Crippen LogP contribution in [0.2, 0.25) is 0 Å². The SMILES string of the molecule is CC(N)C(=O)NC(Cc1ccccc1)C(=O)NC(CCCCN)C(=O)O. The molecule has 0 heterocycles. The van der Waals surface area contributed by atoms with Gasteiger partial charge in [-0.15, -0.1) is 0 Å². The molecule has 8 nitrogen and oxygen atoms in total. The van der Waals surface area contributed by atoms with E-state index in [0.29, 0.717) is 19.4 Å². The van der Waals surface area contributed by atoms with E-state index in [1.165, 1.54) is 6.92 Å². The molecule has 8 heteroatoms. The Balaban J connectivity index is 2.83. The van der Waals surface area contributed by atoms with E-state index in [-0.39, 0.29) is 12.8 Å². The first-order chi connectivity index (χ1) is 12.3. The first-order valence-corrected chi connectivity index (χ1v) is 8.68. The first kappa shape index (κ1) is 21.6. The summed E-state index contributed by atoms with van der Waals surface area (Å²) >= 11 is 0. The minimum atomic E-state index is -1.12. The van der Waals surface area contributed by atoms with Crippen molar-refractivity contribution in [3.63, 3.8) is 0 Å². The van der Waals surface area contributed by atoms with Gasteiger partial charge in [-0.1, -0.05) is 30.3 Å². The van der Waals surface area contributed by atoms with Crippen LogP contribution < -0.4 is 22.1 Å². The number of hydrogen-bond acceptors (Lipinski definition) is 5. The summed E-state index contributed by atoms with van der Waals surface area (Å²) in [6, 6.07) is 6.43. The number of hydrogen-bond donors (Lipinski definition) is 5. The van der Waals surface area contributed by atoms with Crippen LogP contribution in [0.5, 0.6) is 0 Å². The first-order valence-electron chi connectivity index (χ1n) is 8.68. The molecule has 26 heavy (non-hydrogen) atoms. The number of unbranched alkanes of at least 4 members (excludes halogenated alkanes) is 1. The number of nitrogens with two attached hydrogens (primary N) is 2. The summed E-state index contributed by atoms with van der Waals surface area (Å²) in [4.78, 5) is 35.9. The van der Waals surface area contributed by atoms with Crippen LogP contribution in [0.3, 0.4) is 0 Å². The van der Waals surface area contributed by atoms with Crippen LogP contribution in [-0.4, -0.2) is 47.6 Å². The second kappa shape index (κ2) is 11.2. The quantitative estimate of drug-likeness (QED) is 0.342. The van der Waals surface area contributed by atoms with E-state index in [4.69, 9.17) is 11.5 Å². The van der Waals surface area contributed by atoms with E-state index >= 15 is 0 Å². The lowest BCUT2D eigenvalue weighted by Gasteiger charge is -2.22. The van der Waals surface area contributed by atoms with Gasteiger partial charge in [0.15, 0.2) is 0 Å². The van der Waals surface area contributed by atoms with E-state index in [1.54, 1.807) is 0 Å². The van der Waals surface area contributed by atoms with E-state index in [9.17, 15) is 19.5 Å². The number of carbonyl (C=O) groups excluding carboxylic acids is 2. The molecule has 3 atom stereocenters. The minimum Gasteiger partial charge on any atom is -0.480 e. The van der Waals surface area contributed by atoms with Gasteiger partial charge in [-0.2, -0.15) is 0 Å². The van der Waals surface area contributed by atoms with Gasteiger partial charge < -0.3 is 27.2 Å². The Labute approximate surface area is 153 Å². The van der Waals surface area contributed by atoms with Gasteiger partial charge in [0, 0.05) is 6.42 Å². The Hall–Kier alpha value is -2.45. The molecule has 1 rings (SSSR count). The molecule has 0 aromatic heterocycles. The largest absolute Gasteiger partial charge is 0.480 e. The van der Waals surface area contributed by atoms with Crippen LogP contribution in [0.1, 0.15) is 31.7 Å². The predicted octanol–water partition coefficient (Wildman–Crippen LogP) is -0.240. The van der Waals surface area contributed by atoms with Gasteiger partial charge in [0.2, 0.25) is 11.8 Å². The van der Waals surface area contributed by atoms with E-state index in [0.717, 1.165) is 5.56 Å². The number of rotatable bonds is 11. The van der Waals surface area contributed by atoms with Crippen LogP contribution >= 0.6 is 0 Å². The van der Waals surface area contributed by atoms with Crippen molar-refractivity contribution in [2.75, 3.05) is 6.54 Å². The van der Waals surface area contributed by atoms with Crippen molar-refractivity contribution in [2.24, 2.45) is 11.5 Å². The van der Waals surface area contributed by atoms with Crippen molar-refractivity contribution in [3.05, 3.63) is 35.9 Å². The molecule has 2 amide bonds. The summed E-state index contributed by atoms with van der Waals surface area (Å²) < 4.78 is 0. The highest BCUT2D eigenvalue weighted by Crippen LogP contribution is 2.06. The average Bonchev–Trinajstić information content (AvgIpc) is 2.60. The fourth-order valence-electron chi connectivity index (χ4n) is 2.38. The third kappa shape index (κ3) is 7.62. The average molecular weight is 364 g/mol. The van der Waals surface area contributed by atoms with Gasteiger partial charge in [-0.05, 0) is 38.3 Å². The van der Waals surface area contributed by atoms with E-state index < -0.39 is 35.9 Å². The van der Waals surface area contributed by atoms with Gasteiger partial charge in [0.05, 0.1) is 6.04 Å². The number of aliphatic carboxylic acids is 1. The molecule has 0 saturated heterocycles. The van der Waals surface area contributed by atoms with Crippen molar-refractivity contribution in [1.29, 1.82) is 0 Å². The summed E-state index contributed by atoms with van der Waals surface area (Å²) in [7, 11) is 0. The monoisotopic (exact) mass is 364 g/mol. The summed E-state index contributed by atoms with van der Waals surface area (Å²) in [5.74, 6) is -2.15. The number of amides is 2. The Morgan fingerprint density at radius 1 is 1.04 bits per heavy atom. The van der Waals surface area contributed by atoms with Crippen LogP contribution in [0.15, 0.2) is 30.3 Å². The molecule has 0 aliphatic rings. The maximum atomic E-state index is 12.6. The summed E-state index contributed by atoms with van der Waals surface area (Å²) in [5, 5.41) is 14.4. The molecule has 0 fully saturated rings. The minimum absolute atomic E-state index is 0.236. The Morgan fingerprint density at radius 2 is 1.65 bits per heavy atom. The van der Waals surface area contributed by atoms with Crippen LogP contribution in [0.25, 0.3) is 0 Å². The Morgan fingerprint density at radius 3 is 2.19 bits per heavy atom. The highest BCUT2D eigenvalue weighted by Gasteiger charge is 2.27. The highest BCUT2D eigenvalue weighted by molar-refractivity contribution is 5.91.